The van der Waals surface area contributed by atoms with Gasteiger partial charge in [0.2, 0.25) is 0 Å². The Morgan fingerprint density at radius 2 is 0.792 bits per heavy atom. The molecule has 1 rings (SSSR count). The summed E-state index contributed by atoms with van der Waals surface area (Å²) in [6, 6.07) is 0. The molecule has 24 heavy (non-hydrogen) atoms. The van der Waals surface area contributed by atoms with Crippen LogP contribution in [-0.2, 0) is 0 Å². The number of aromatic hydroxyl groups is 3. The number of halogens is 3. The summed E-state index contributed by atoms with van der Waals surface area (Å²) < 4.78 is 0. The third-order valence-corrected chi connectivity index (χ3v) is 4.49. The molecule has 0 amide bonds. The van der Waals surface area contributed by atoms with E-state index in [4.69, 9.17) is 0 Å². The van der Waals surface area contributed by atoms with Crippen LogP contribution in [0.2, 0.25) is 0 Å². The van der Waals surface area contributed by atoms with Gasteiger partial charge in [-0.2, -0.15) is 0 Å². The Kier molecular flexibility index (Phi) is 7.01. The maximum atomic E-state index is 12.3. The quantitative estimate of drug-likeness (QED) is 0.382. The van der Waals surface area contributed by atoms with Gasteiger partial charge in [0.1, 0.15) is 33.9 Å². The van der Waals surface area contributed by atoms with Gasteiger partial charge >= 0.3 is 0 Å². The van der Waals surface area contributed by atoms with E-state index in [1.165, 1.54) is 20.8 Å². The Morgan fingerprint density at radius 3 is 0.917 bits per heavy atom. The van der Waals surface area contributed by atoms with Crippen molar-refractivity contribution in [2.45, 2.75) is 35.3 Å². The summed E-state index contributed by atoms with van der Waals surface area (Å²) in [5.74, 6) is -4.81. The largest absolute Gasteiger partial charge is 0.506 e. The zero-order chi connectivity index (χ0) is 18.9. The van der Waals surface area contributed by atoms with Gasteiger partial charge in [-0.15, -0.1) is 0 Å². The van der Waals surface area contributed by atoms with Crippen molar-refractivity contribution < 1.29 is 29.7 Å². The van der Waals surface area contributed by atoms with E-state index in [0.29, 0.717) is 0 Å². The maximum absolute atomic E-state index is 12.3. The van der Waals surface area contributed by atoms with Crippen LogP contribution in [0, 0.1) is 0 Å². The van der Waals surface area contributed by atoms with Crippen molar-refractivity contribution >= 4 is 65.1 Å². The first kappa shape index (κ1) is 21.1. The van der Waals surface area contributed by atoms with E-state index in [2.05, 4.69) is 47.8 Å². The van der Waals surface area contributed by atoms with Crippen molar-refractivity contribution in [3.63, 3.8) is 0 Å². The number of ketones is 3. The van der Waals surface area contributed by atoms with E-state index in [1.807, 2.05) is 0 Å². The summed E-state index contributed by atoms with van der Waals surface area (Å²) in [4.78, 5) is 34.5. The molecule has 1 aromatic rings. The molecule has 3 N–H and O–H groups in total. The van der Waals surface area contributed by atoms with Gasteiger partial charge in [0.15, 0.2) is 17.3 Å². The number of rotatable bonds is 6. The third-order valence-electron chi connectivity index (χ3n) is 3.24. The molecule has 3 unspecified atom stereocenters. The molecule has 132 valence electrons. The second-order valence-corrected chi connectivity index (χ2v) is 9.23. The summed E-state index contributed by atoms with van der Waals surface area (Å²) in [6.07, 6.45) is 0. The SMILES string of the molecule is CC(Br)C(=O)c1c(O)c(C(=O)C(C)Br)c(O)c(C(=O)C(C)Br)c1O. The number of benzene rings is 1. The highest BCUT2D eigenvalue weighted by Gasteiger charge is 2.35. The van der Waals surface area contributed by atoms with E-state index in [0.717, 1.165) is 0 Å². The Morgan fingerprint density at radius 1 is 0.625 bits per heavy atom. The maximum Gasteiger partial charge on any atom is 0.183 e. The fraction of sp³-hybridized carbons (Fsp3) is 0.400. The predicted molar refractivity (Wildman–Crippen MR) is 99.6 cm³/mol. The Balaban J connectivity index is 3.96. The van der Waals surface area contributed by atoms with Crippen LogP contribution in [0.4, 0.5) is 0 Å². The lowest BCUT2D eigenvalue weighted by Gasteiger charge is -2.18. The zero-order valence-corrected chi connectivity index (χ0v) is 17.7. The molecule has 0 aromatic heterocycles. The molecule has 0 aliphatic heterocycles. The van der Waals surface area contributed by atoms with Gasteiger partial charge in [-0.1, -0.05) is 47.8 Å². The van der Waals surface area contributed by atoms with Gasteiger partial charge in [0, 0.05) is 0 Å². The van der Waals surface area contributed by atoms with Crippen molar-refractivity contribution in [3.05, 3.63) is 16.7 Å². The molecular weight excluding hydrogens is 516 g/mol. The van der Waals surface area contributed by atoms with Crippen molar-refractivity contribution in [2.24, 2.45) is 0 Å². The van der Waals surface area contributed by atoms with Crippen LogP contribution in [0.25, 0.3) is 0 Å². The van der Waals surface area contributed by atoms with Crippen LogP contribution in [0.1, 0.15) is 51.8 Å². The van der Waals surface area contributed by atoms with Crippen LogP contribution < -0.4 is 0 Å². The number of phenolic OH excluding ortho intramolecular Hbond substituents is 3. The summed E-state index contributed by atoms with van der Waals surface area (Å²) in [5, 5.41) is 30.9. The van der Waals surface area contributed by atoms with E-state index in [1.54, 1.807) is 0 Å². The standard InChI is InChI=1S/C15H15Br3O6/c1-4(16)10(19)7-13(22)8(11(20)5(2)17)15(24)9(14(7)23)12(21)6(3)18/h4-6,22-24H,1-3H3. The van der Waals surface area contributed by atoms with Gasteiger partial charge in [-0.25, -0.2) is 0 Å². The second kappa shape index (κ2) is 7.97. The minimum atomic E-state index is -0.864. The highest BCUT2D eigenvalue weighted by molar-refractivity contribution is 9.10. The summed E-state index contributed by atoms with van der Waals surface area (Å²) in [7, 11) is 0. The van der Waals surface area contributed by atoms with Gasteiger partial charge in [-0.3, -0.25) is 14.4 Å². The normalized spacial score (nSPS) is 14.8. The number of phenols is 3. The monoisotopic (exact) mass is 528 g/mol. The van der Waals surface area contributed by atoms with E-state index in [-0.39, 0.29) is 0 Å². The second-order valence-electron chi connectivity index (χ2n) is 5.11. The molecule has 0 heterocycles. The first-order chi connectivity index (χ1) is 10.9. The van der Waals surface area contributed by atoms with Crippen LogP contribution in [0.5, 0.6) is 17.2 Å². The summed E-state index contributed by atoms with van der Waals surface area (Å²) in [5.41, 5.74) is -1.78. The Labute approximate surface area is 163 Å². The van der Waals surface area contributed by atoms with Crippen molar-refractivity contribution in [1.29, 1.82) is 0 Å². The average molecular weight is 531 g/mol. The number of hydrogen-bond donors (Lipinski definition) is 3. The van der Waals surface area contributed by atoms with Crippen LogP contribution in [0.3, 0.4) is 0 Å². The Hall–Kier alpha value is -0.930. The lowest BCUT2D eigenvalue weighted by Crippen LogP contribution is -2.19. The number of hydrogen-bond acceptors (Lipinski definition) is 6. The molecule has 0 saturated heterocycles. The van der Waals surface area contributed by atoms with E-state index in [9.17, 15) is 29.7 Å². The lowest BCUT2D eigenvalue weighted by molar-refractivity contribution is 0.0985. The van der Waals surface area contributed by atoms with Crippen LogP contribution in [-0.4, -0.2) is 47.2 Å². The molecule has 0 aliphatic carbocycles. The molecule has 0 saturated carbocycles. The first-order valence-electron chi connectivity index (χ1n) is 6.79. The first-order valence-corrected chi connectivity index (χ1v) is 9.53. The number of carbonyl (C=O) groups is 3. The lowest BCUT2D eigenvalue weighted by atomic mass is 9.91. The van der Waals surface area contributed by atoms with Gasteiger partial charge < -0.3 is 15.3 Å². The van der Waals surface area contributed by atoms with Crippen molar-refractivity contribution in [1.82, 2.24) is 0 Å². The molecule has 0 spiro atoms. The molecular formula is C15H15Br3O6. The average Bonchev–Trinajstić information content (AvgIpc) is 2.46. The fourth-order valence-corrected chi connectivity index (χ4v) is 2.70. The summed E-state index contributed by atoms with van der Waals surface area (Å²) >= 11 is 9.07. The molecule has 0 aliphatic rings. The molecule has 0 radical (unpaired) electrons. The topological polar surface area (TPSA) is 112 Å². The van der Waals surface area contributed by atoms with Crippen molar-refractivity contribution in [2.75, 3.05) is 0 Å². The Bertz CT molecular complexity index is 593. The molecule has 9 heteroatoms. The van der Waals surface area contributed by atoms with E-state index < -0.39 is 65.8 Å². The fourth-order valence-electron chi connectivity index (χ4n) is 2.01. The molecule has 0 bridgehead atoms. The smallest absolute Gasteiger partial charge is 0.183 e. The molecule has 0 fully saturated rings. The minimum Gasteiger partial charge on any atom is -0.506 e. The van der Waals surface area contributed by atoms with Gasteiger partial charge in [0.25, 0.3) is 0 Å². The molecule has 3 atom stereocenters. The van der Waals surface area contributed by atoms with Gasteiger partial charge in [-0.05, 0) is 20.8 Å². The number of Topliss-reactive ketones (excluding diaryl/α,β-unsaturated/α-hetero) is 3. The number of alkyl halides is 3. The molecule has 6 nitrogen and oxygen atoms in total. The number of carbonyl (C=O) groups excluding carboxylic acids is 3. The van der Waals surface area contributed by atoms with E-state index >= 15 is 0 Å². The van der Waals surface area contributed by atoms with Crippen LogP contribution in [0.15, 0.2) is 0 Å². The van der Waals surface area contributed by atoms with Crippen molar-refractivity contribution in [3.8, 4) is 17.2 Å². The highest BCUT2D eigenvalue weighted by atomic mass is 79.9. The van der Waals surface area contributed by atoms with Gasteiger partial charge in [0.05, 0.1) is 14.5 Å². The minimum absolute atomic E-state index is 0.592. The highest BCUT2D eigenvalue weighted by Crippen LogP contribution is 2.44. The van der Waals surface area contributed by atoms with Crippen LogP contribution >= 0.6 is 47.8 Å². The third kappa shape index (κ3) is 3.83. The predicted octanol–water partition coefficient (Wildman–Crippen LogP) is 3.70. The zero-order valence-electron chi connectivity index (χ0n) is 12.9. The molecule has 1 aromatic carbocycles. The summed E-state index contributed by atoms with van der Waals surface area (Å²) in [6.45, 7) is 4.37.